The van der Waals surface area contributed by atoms with Crippen LogP contribution in [-0.2, 0) is 11.2 Å². The molecule has 3 heteroatoms. The number of benzene rings is 2. The lowest BCUT2D eigenvalue weighted by molar-refractivity contribution is 0.0891. The molecule has 1 N–H and O–H groups in total. The lowest BCUT2D eigenvalue weighted by Gasteiger charge is -2.42. The fourth-order valence-corrected chi connectivity index (χ4v) is 3.77. The van der Waals surface area contributed by atoms with E-state index in [0.29, 0.717) is 0 Å². The second kappa shape index (κ2) is 8.50. The molecular weight excluding hydrogens is 308 g/mol. The largest absolute Gasteiger partial charge is 0.382 e. The first-order valence-corrected chi connectivity index (χ1v) is 9.29. The molecule has 3 rings (SSSR count). The fraction of sp³-hybridized carbons (Fsp3) is 0.455. The van der Waals surface area contributed by atoms with E-state index < -0.39 is 0 Å². The summed E-state index contributed by atoms with van der Waals surface area (Å²) >= 11 is 0. The van der Waals surface area contributed by atoms with Gasteiger partial charge in [-0.2, -0.15) is 0 Å². The van der Waals surface area contributed by atoms with Gasteiger partial charge >= 0.3 is 0 Å². The van der Waals surface area contributed by atoms with E-state index in [-0.39, 0.29) is 5.54 Å². The number of likely N-dealkylation sites (tertiary alicyclic amines) is 1. The molecule has 0 bridgehead atoms. The zero-order chi connectivity index (χ0) is 17.5. The van der Waals surface area contributed by atoms with Crippen LogP contribution in [0.25, 0.3) is 0 Å². The summed E-state index contributed by atoms with van der Waals surface area (Å²) in [4.78, 5) is 2.59. The van der Waals surface area contributed by atoms with Crippen molar-refractivity contribution < 1.29 is 4.74 Å². The van der Waals surface area contributed by atoms with Gasteiger partial charge in [-0.1, -0.05) is 48.0 Å². The van der Waals surface area contributed by atoms with E-state index in [1.54, 1.807) is 7.11 Å². The number of rotatable bonds is 7. The van der Waals surface area contributed by atoms with Crippen LogP contribution in [0.4, 0.5) is 5.69 Å². The van der Waals surface area contributed by atoms with Crippen molar-refractivity contribution in [2.75, 3.05) is 38.7 Å². The predicted octanol–water partition coefficient (Wildman–Crippen LogP) is 4.13. The Morgan fingerprint density at radius 3 is 2.48 bits per heavy atom. The molecule has 0 saturated carbocycles. The Balaban J connectivity index is 1.54. The minimum atomic E-state index is 0.0515. The first-order valence-electron chi connectivity index (χ1n) is 9.29. The number of aryl methyl sites for hydroxylation is 1. The summed E-state index contributed by atoms with van der Waals surface area (Å²) in [6.45, 7) is 6.30. The van der Waals surface area contributed by atoms with Gasteiger partial charge in [0.05, 0.1) is 12.1 Å². The summed E-state index contributed by atoms with van der Waals surface area (Å²) in [5, 5.41) is 3.75. The van der Waals surface area contributed by atoms with Crippen LogP contribution in [0.15, 0.2) is 54.6 Å². The van der Waals surface area contributed by atoms with Gasteiger partial charge < -0.3 is 15.0 Å². The highest BCUT2D eigenvalue weighted by Crippen LogP contribution is 2.27. The lowest BCUT2D eigenvalue weighted by Crippen LogP contribution is -2.52. The van der Waals surface area contributed by atoms with E-state index in [0.717, 1.165) is 45.5 Å². The highest BCUT2D eigenvalue weighted by molar-refractivity contribution is 5.45. The molecule has 2 aromatic carbocycles. The van der Waals surface area contributed by atoms with Crippen LogP contribution < -0.4 is 5.32 Å². The summed E-state index contributed by atoms with van der Waals surface area (Å²) in [6, 6.07) is 19.4. The Kier molecular flexibility index (Phi) is 6.11. The predicted molar refractivity (Wildman–Crippen MR) is 105 cm³/mol. The van der Waals surface area contributed by atoms with Gasteiger partial charge in [0.15, 0.2) is 0 Å². The Hall–Kier alpha value is -1.84. The molecule has 1 aliphatic rings. The minimum Gasteiger partial charge on any atom is -0.382 e. The Morgan fingerprint density at radius 1 is 1.04 bits per heavy atom. The lowest BCUT2D eigenvalue weighted by atomic mass is 9.87. The molecule has 25 heavy (non-hydrogen) atoms. The Bertz CT molecular complexity index is 648. The van der Waals surface area contributed by atoms with Gasteiger partial charge in [0, 0.05) is 32.4 Å². The zero-order valence-electron chi connectivity index (χ0n) is 15.5. The number of hydrogen-bond donors (Lipinski definition) is 1. The molecule has 1 saturated heterocycles. The Labute approximate surface area is 152 Å². The molecule has 0 unspecified atom stereocenters. The van der Waals surface area contributed by atoms with Crippen LogP contribution in [0.1, 0.15) is 24.0 Å². The van der Waals surface area contributed by atoms with E-state index >= 15 is 0 Å². The molecule has 0 radical (unpaired) electrons. The third-order valence-electron chi connectivity index (χ3n) is 5.22. The third kappa shape index (κ3) is 5.07. The van der Waals surface area contributed by atoms with Crippen molar-refractivity contribution in [3.8, 4) is 0 Å². The van der Waals surface area contributed by atoms with Crippen molar-refractivity contribution in [2.24, 2.45) is 0 Å². The minimum absolute atomic E-state index is 0.0515. The summed E-state index contributed by atoms with van der Waals surface area (Å²) < 4.78 is 5.55. The molecule has 0 atom stereocenters. The number of ether oxygens (including phenoxy) is 1. The van der Waals surface area contributed by atoms with Crippen LogP contribution in [0.2, 0.25) is 0 Å². The van der Waals surface area contributed by atoms with E-state index in [9.17, 15) is 0 Å². The number of nitrogens with one attached hydrogen (secondary N) is 1. The fourth-order valence-electron chi connectivity index (χ4n) is 3.77. The molecule has 0 amide bonds. The second-order valence-electron chi connectivity index (χ2n) is 7.29. The summed E-state index contributed by atoms with van der Waals surface area (Å²) in [5.74, 6) is 0. The number of methoxy groups -OCH3 is 1. The first-order chi connectivity index (χ1) is 12.2. The first kappa shape index (κ1) is 18.0. The van der Waals surface area contributed by atoms with Gasteiger partial charge in [0.1, 0.15) is 0 Å². The molecule has 1 aliphatic heterocycles. The normalized spacial score (nSPS) is 17.4. The highest BCUT2D eigenvalue weighted by atomic mass is 16.5. The molecule has 134 valence electrons. The number of piperidine rings is 1. The van der Waals surface area contributed by atoms with Crippen LogP contribution >= 0.6 is 0 Å². The van der Waals surface area contributed by atoms with Gasteiger partial charge in [-0.15, -0.1) is 0 Å². The third-order valence-corrected chi connectivity index (χ3v) is 5.22. The van der Waals surface area contributed by atoms with Crippen LogP contribution in [0.5, 0.6) is 0 Å². The smallest absolute Gasteiger partial charge is 0.0693 e. The number of nitrogens with zero attached hydrogens (tertiary/aromatic N) is 1. The van der Waals surface area contributed by atoms with Crippen molar-refractivity contribution >= 4 is 5.69 Å². The quantitative estimate of drug-likeness (QED) is 0.821. The molecule has 0 aliphatic carbocycles. The maximum Gasteiger partial charge on any atom is 0.0693 e. The topological polar surface area (TPSA) is 24.5 Å². The van der Waals surface area contributed by atoms with Crippen molar-refractivity contribution in [1.29, 1.82) is 0 Å². The van der Waals surface area contributed by atoms with E-state index in [2.05, 4.69) is 71.7 Å². The summed E-state index contributed by atoms with van der Waals surface area (Å²) in [7, 11) is 1.80. The second-order valence-corrected chi connectivity index (χ2v) is 7.29. The SMILES string of the molecule is COCC1(Nc2ccccc2)CCN(CCc2cccc(C)c2)CC1. The van der Waals surface area contributed by atoms with Crippen molar-refractivity contribution in [2.45, 2.75) is 31.7 Å². The molecule has 0 aromatic heterocycles. The van der Waals surface area contributed by atoms with Gasteiger partial charge in [0.25, 0.3) is 0 Å². The van der Waals surface area contributed by atoms with Crippen molar-refractivity contribution in [1.82, 2.24) is 4.90 Å². The monoisotopic (exact) mass is 338 g/mol. The van der Waals surface area contributed by atoms with Crippen LogP contribution in [-0.4, -0.2) is 43.8 Å². The number of anilines is 1. The van der Waals surface area contributed by atoms with E-state index in [1.807, 2.05) is 0 Å². The maximum absolute atomic E-state index is 5.55. The summed E-state index contributed by atoms with van der Waals surface area (Å²) in [6.07, 6.45) is 3.36. The molecule has 2 aromatic rings. The number of hydrogen-bond acceptors (Lipinski definition) is 3. The van der Waals surface area contributed by atoms with Gasteiger partial charge in [-0.25, -0.2) is 0 Å². The van der Waals surface area contributed by atoms with Gasteiger partial charge in [-0.05, 0) is 43.9 Å². The van der Waals surface area contributed by atoms with Gasteiger partial charge in [-0.3, -0.25) is 0 Å². The van der Waals surface area contributed by atoms with Crippen molar-refractivity contribution in [3.63, 3.8) is 0 Å². The molecule has 3 nitrogen and oxygen atoms in total. The highest BCUT2D eigenvalue weighted by Gasteiger charge is 2.34. The molecule has 1 heterocycles. The number of para-hydroxylation sites is 1. The molecule has 0 spiro atoms. The van der Waals surface area contributed by atoms with Gasteiger partial charge in [0.2, 0.25) is 0 Å². The average molecular weight is 338 g/mol. The maximum atomic E-state index is 5.55. The Morgan fingerprint density at radius 2 is 1.80 bits per heavy atom. The summed E-state index contributed by atoms with van der Waals surface area (Å²) in [5.41, 5.74) is 4.03. The average Bonchev–Trinajstić information content (AvgIpc) is 2.62. The van der Waals surface area contributed by atoms with E-state index in [4.69, 9.17) is 4.74 Å². The van der Waals surface area contributed by atoms with Crippen LogP contribution in [0.3, 0.4) is 0 Å². The zero-order valence-corrected chi connectivity index (χ0v) is 15.5. The van der Waals surface area contributed by atoms with Crippen molar-refractivity contribution in [3.05, 3.63) is 65.7 Å². The molecular formula is C22H30N2O. The van der Waals surface area contributed by atoms with Crippen LogP contribution in [0, 0.1) is 6.92 Å². The van der Waals surface area contributed by atoms with E-state index in [1.165, 1.54) is 16.8 Å². The standard InChI is InChI=1S/C22H30N2O/c1-19-7-6-8-20(17-19)11-14-24-15-12-22(13-16-24,18-25-2)23-21-9-4-3-5-10-21/h3-10,17,23H,11-16,18H2,1-2H3. The molecule has 1 fully saturated rings.